The number of nitrogens with one attached hydrogen (secondary N) is 2. The molecule has 0 unspecified atom stereocenters. The van der Waals surface area contributed by atoms with Crippen LogP contribution in [0.2, 0.25) is 5.02 Å². The van der Waals surface area contributed by atoms with Gasteiger partial charge in [0.1, 0.15) is 0 Å². The van der Waals surface area contributed by atoms with Gasteiger partial charge in [-0.2, -0.15) is 0 Å². The molecular formula is C18H23ClN5O+. The number of hydrogen-bond acceptors (Lipinski definition) is 4. The molecule has 2 aromatic rings. The first-order valence-corrected chi connectivity index (χ1v) is 8.90. The Hall–Kier alpha value is -2.18. The molecule has 1 fully saturated rings. The molecule has 1 aliphatic heterocycles. The Balaban J connectivity index is 1.49. The van der Waals surface area contributed by atoms with Crippen molar-refractivity contribution in [1.82, 2.24) is 15.3 Å². The number of hydrogen-bond donors (Lipinski definition) is 2. The smallest absolute Gasteiger partial charge is 0.278 e. The van der Waals surface area contributed by atoms with E-state index in [1.54, 1.807) is 12.4 Å². The normalized spacial score (nSPS) is 16.5. The summed E-state index contributed by atoms with van der Waals surface area (Å²) in [6, 6.07) is 9.29. The van der Waals surface area contributed by atoms with Gasteiger partial charge in [0.15, 0.2) is 6.04 Å². The highest BCUT2D eigenvalue weighted by atomic mass is 35.5. The molecule has 2 N–H and O–H groups in total. The first-order chi connectivity index (χ1) is 12.1. The SMILES string of the molecule is C[C@H](C(=O)NCc1ccccc1Cl)[NH+]1CCN(c2ncccn2)CC1. The highest BCUT2D eigenvalue weighted by Crippen LogP contribution is 2.14. The van der Waals surface area contributed by atoms with Crippen molar-refractivity contribution < 1.29 is 9.69 Å². The van der Waals surface area contributed by atoms with Crippen LogP contribution in [-0.2, 0) is 11.3 Å². The molecular weight excluding hydrogens is 338 g/mol. The van der Waals surface area contributed by atoms with Gasteiger partial charge in [-0.05, 0) is 24.6 Å². The van der Waals surface area contributed by atoms with Crippen LogP contribution in [0.25, 0.3) is 0 Å². The lowest BCUT2D eigenvalue weighted by Gasteiger charge is -2.34. The highest BCUT2D eigenvalue weighted by Gasteiger charge is 2.29. The number of amides is 1. The second kappa shape index (κ2) is 8.27. The highest BCUT2D eigenvalue weighted by molar-refractivity contribution is 6.31. The van der Waals surface area contributed by atoms with Crippen LogP contribution in [0, 0.1) is 0 Å². The zero-order valence-corrected chi connectivity index (χ0v) is 15.0. The molecule has 0 spiro atoms. The third-order valence-electron chi connectivity index (χ3n) is 4.66. The number of anilines is 1. The standard InChI is InChI=1S/C18H22ClN5O/c1-14(17(25)22-13-15-5-2-3-6-16(15)19)23-9-11-24(12-10-23)18-20-7-4-8-21-18/h2-8,14H,9-13H2,1H3,(H,22,25)/p+1/t14-/m1/s1. The topological polar surface area (TPSA) is 62.6 Å². The van der Waals surface area contributed by atoms with Crippen molar-refractivity contribution in [3.63, 3.8) is 0 Å². The summed E-state index contributed by atoms with van der Waals surface area (Å²) in [5.74, 6) is 0.816. The van der Waals surface area contributed by atoms with E-state index in [2.05, 4.69) is 20.2 Å². The molecule has 132 valence electrons. The Kier molecular flexibility index (Phi) is 5.83. The summed E-state index contributed by atoms with van der Waals surface area (Å²) in [6.45, 7) is 5.91. The Morgan fingerprint density at radius 2 is 1.92 bits per heavy atom. The van der Waals surface area contributed by atoms with Crippen LogP contribution in [0.1, 0.15) is 12.5 Å². The van der Waals surface area contributed by atoms with Gasteiger partial charge in [-0.15, -0.1) is 0 Å². The lowest BCUT2D eigenvalue weighted by atomic mass is 10.2. The third-order valence-corrected chi connectivity index (χ3v) is 5.03. The quantitative estimate of drug-likeness (QED) is 0.817. The molecule has 3 rings (SSSR count). The summed E-state index contributed by atoms with van der Waals surface area (Å²) >= 11 is 6.14. The summed E-state index contributed by atoms with van der Waals surface area (Å²) in [5, 5.41) is 3.68. The maximum Gasteiger partial charge on any atom is 0.278 e. The number of rotatable bonds is 5. The van der Waals surface area contributed by atoms with Gasteiger partial charge in [0.25, 0.3) is 5.91 Å². The van der Waals surface area contributed by atoms with Gasteiger partial charge in [0, 0.05) is 24.0 Å². The molecule has 1 saturated heterocycles. The number of piperazine rings is 1. The summed E-state index contributed by atoms with van der Waals surface area (Å²) in [7, 11) is 0. The van der Waals surface area contributed by atoms with Gasteiger partial charge < -0.3 is 15.1 Å². The van der Waals surface area contributed by atoms with Gasteiger partial charge >= 0.3 is 0 Å². The number of carbonyl (C=O) groups is 1. The van der Waals surface area contributed by atoms with E-state index >= 15 is 0 Å². The maximum absolute atomic E-state index is 12.5. The van der Waals surface area contributed by atoms with E-state index in [1.807, 2.05) is 37.3 Å². The minimum Gasteiger partial charge on any atom is -0.347 e. The molecule has 0 bridgehead atoms. The van der Waals surface area contributed by atoms with Gasteiger partial charge in [-0.1, -0.05) is 29.8 Å². The molecule has 1 atom stereocenters. The molecule has 1 aromatic heterocycles. The minimum atomic E-state index is -0.0960. The molecule has 6 nitrogen and oxygen atoms in total. The molecule has 7 heteroatoms. The lowest BCUT2D eigenvalue weighted by molar-refractivity contribution is -0.914. The molecule has 1 aliphatic rings. The van der Waals surface area contributed by atoms with Crippen molar-refractivity contribution in [1.29, 1.82) is 0 Å². The van der Waals surface area contributed by atoms with E-state index in [0.717, 1.165) is 37.7 Å². The number of aromatic nitrogens is 2. The molecule has 2 heterocycles. The fourth-order valence-electron chi connectivity index (χ4n) is 3.04. The molecule has 0 aliphatic carbocycles. The second-order valence-corrected chi connectivity index (χ2v) is 6.63. The van der Waals surface area contributed by atoms with Gasteiger partial charge in [0.05, 0.1) is 26.2 Å². The first-order valence-electron chi connectivity index (χ1n) is 8.53. The molecule has 0 saturated carbocycles. The Bertz CT molecular complexity index is 704. The monoisotopic (exact) mass is 360 g/mol. The minimum absolute atomic E-state index is 0.0549. The lowest BCUT2D eigenvalue weighted by Crippen LogP contribution is -3.19. The Labute approximate surface area is 152 Å². The molecule has 1 amide bonds. The van der Waals surface area contributed by atoms with Crippen molar-refractivity contribution in [3.8, 4) is 0 Å². The van der Waals surface area contributed by atoms with E-state index in [-0.39, 0.29) is 11.9 Å². The Morgan fingerprint density at radius 3 is 2.60 bits per heavy atom. The second-order valence-electron chi connectivity index (χ2n) is 6.22. The van der Waals surface area contributed by atoms with Crippen LogP contribution in [0.15, 0.2) is 42.7 Å². The number of halogens is 1. The third kappa shape index (κ3) is 4.46. The molecule has 25 heavy (non-hydrogen) atoms. The van der Waals surface area contributed by atoms with Crippen LogP contribution < -0.4 is 15.1 Å². The fraction of sp³-hybridized carbons (Fsp3) is 0.389. The van der Waals surface area contributed by atoms with E-state index in [0.29, 0.717) is 11.6 Å². The van der Waals surface area contributed by atoms with E-state index in [1.165, 1.54) is 4.90 Å². The van der Waals surface area contributed by atoms with Crippen LogP contribution in [0.3, 0.4) is 0 Å². The largest absolute Gasteiger partial charge is 0.347 e. The predicted molar refractivity (Wildman–Crippen MR) is 97.7 cm³/mol. The van der Waals surface area contributed by atoms with Crippen molar-refractivity contribution in [2.24, 2.45) is 0 Å². The zero-order chi connectivity index (χ0) is 17.6. The number of nitrogens with zero attached hydrogens (tertiary/aromatic N) is 3. The summed E-state index contributed by atoms with van der Waals surface area (Å²) in [6.07, 6.45) is 3.51. The predicted octanol–water partition coefficient (Wildman–Crippen LogP) is 0.540. The van der Waals surface area contributed by atoms with Crippen molar-refractivity contribution in [2.75, 3.05) is 31.1 Å². The van der Waals surface area contributed by atoms with Gasteiger partial charge in [-0.3, -0.25) is 4.79 Å². The summed E-state index contributed by atoms with van der Waals surface area (Å²) in [4.78, 5) is 24.5. The van der Waals surface area contributed by atoms with E-state index in [9.17, 15) is 4.79 Å². The van der Waals surface area contributed by atoms with E-state index < -0.39 is 0 Å². The van der Waals surface area contributed by atoms with E-state index in [4.69, 9.17) is 11.6 Å². The first kappa shape index (κ1) is 17.6. The average Bonchev–Trinajstić information content (AvgIpc) is 2.67. The average molecular weight is 361 g/mol. The summed E-state index contributed by atoms with van der Waals surface area (Å²) < 4.78 is 0. The summed E-state index contributed by atoms with van der Waals surface area (Å²) in [5.41, 5.74) is 0.936. The number of quaternary nitrogens is 1. The zero-order valence-electron chi connectivity index (χ0n) is 14.3. The molecule has 1 aromatic carbocycles. The maximum atomic E-state index is 12.5. The van der Waals surface area contributed by atoms with Gasteiger partial charge in [0.2, 0.25) is 5.95 Å². The van der Waals surface area contributed by atoms with Crippen molar-refractivity contribution in [2.45, 2.75) is 19.5 Å². The van der Waals surface area contributed by atoms with Gasteiger partial charge in [-0.25, -0.2) is 9.97 Å². The van der Waals surface area contributed by atoms with Crippen LogP contribution in [0.5, 0.6) is 0 Å². The Morgan fingerprint density at radius 1 is 1.24 bits per heavy atom. The van der Waals surface area contributed by atoms with Crippen molar-refractivity contribution in [3.05, 3.63) is 53.3 Å². The molecule has 0 radical (unpaired) electrons. The van der Waals surface area contributed by atoms with Crippen LogP contribution in [-0.4, -0.2) is 48.1 Å². The van der Waals surface area contributed by atoms with Crippen LogP contribution >= 0.6 is 11.6 Å². The van der Waals surface area contributed by atoms with Crippen LogP contribution in [0.4, 0.5) is 5.95 Å². The fourth-order valence-corrected chi connectivity index (χ4v) is 3.25. The number of carbonyl (C=O) groups excluding carboxylic acids is 1. The number of benzene rings is 1. The van der Waals surface area contributed by atoms with Crippen molar-refractivity contribution >= 4 is 23.5 Å².